The van der Waals surface area contributed by atoms with Crippen molar-refractivity contribution in [2.45, 2.75) is 57.3 Å². The minimum absolute atomic E-state index is 0.131. The number of anilines is 1. The van der Waals surface area contributed by atoms with Gasteiger partial charge in [-0.05, 0) is 43.9 Å². The van der Waals surface area contributed by atoms with Crippen LogP contribution in [0.15, 0.2) is 48.8 Å². The molecule has 1 aromatic carbocycles. The van der Waals surface area contributed by atoms with E-state index in [9.17, 15) is 19.8 Å². The summed E-state index contributed by atoms with van der Waals surface area (Å²) < 4.78 is 0. The van der Waals surface area contributed by atoms with E-state index < -0.39 is 18.1 Å². The highest BCUT2D eigenvalue weighted by Crippen LogP contribution is 2.32. The first-order valence-corrected chi connectivity index (χ1v) is 10.4. The number of nitrogens with one attached hydrogen (secondary N) is 1. The highest BCUT2D eigenvalue weighted by Gasteiger charge is 2.30. The number of aromatic nitrogens is 1. The molecule has 0 aliphatic carbocycles. The Hall–Kier alpha value is -2.77. The summed E-state index contributed by atoms with van der Waals surface area (Å²) in [4.78, 5) is 30.4. The van der Waals surface area contributed by atoms with E-state index in [4.69, 9.17) is 0 Å². The Morgan fingerprint density at radius 2 is 1.97 bits per heavy atom. The lowest BCUT2D eigenvalue weighted by Gasteiger charge is -2.22. The lowest BCUT2D eigenvalue weighted by Crippen LogP contribution is -2.39. The van der Waals surface area contributed by atoms with Crippen LogP contribution in [0.4, 0.5) is 5.69 Å². The Kier molecular flexibility index (Phi) is 7.54. The highest BCUT2D eigenvalue weighted by atomic mass is 16.3. The summed E-state index contributed by atoms with van der Waals surface area (Å²) >= 11 is 0. The lowest BCUT2D eigenvalue weighted by atomic mass is 10.1. The molecule has 160 valence electrons. The number of nitrogens with zero attached hydrogens (tertiary/aromatic N) is 2. The first-order chi connectivity index (χ1) is 14.5. The normalized spacial score (nSPS) is 17.3. The molecule has 3 atom stereocenters. The standard InChI is InChI=1S/C23H29N3O4/c1-16-14-17-8-4-5-10-19(17)26(16)20(27)11-3-2-6-13-25-23(30)22(29)21(28)18-9-7-12-24-15-18/h4-5,7-10,12,15-16,21-22,28-29H,2-3,6,11,13-14H2,1H3,(H,25,30). The Balaban J connectivity index is 1.35. The molecule has 0 radical (unpaired) electrons. The number of hydrogen-bond donors (Lipinski definition) is 3. The van der Waals surface area contributed by atoms with Gasteiger partial charge in [-0.1, -0.05) is 30.7 Å². The van der Waals surface area contributed by atoms with Crippen molar-refractivity contribution in [1.82, 2.24) is 10.3 Å². The van der Waals surface area contributed by atoms with Crippen molar-refractivity contribution in [3.63, 3.8) is 0 Å². The first-order valence-electron chi connectivity index (χ1n) is 10.4. The van der Waals surface area contributed by atoms with Crippen LogP contribution in [-0.4, -0.2) is 45.7 Å². The Morgan fingerprint density at radius 3 is 2.73 bits per heavy atom. The van der Waals surface area contributed by atoms with E-state index in [0.717, 1.165) is 24.9 Å². The van der Waals surface area contributed by atoms with Gasteiger partial charge in [-0.2, -0.15) is 0 Å². The summed E-state index contributed by atoms with van der Waals surface area (Å²) in [5, 5.41) is 22.7. The molecule has 0 saturated heterocycles. The number of fused-ring (bicyclic) bond motifs is 1. The third kappa shape index (κ3) is 5.23. The van der Waals surface area contributed by atoms with Crippen molar-refractivity contribution in [3.8, 4) is 0 Å². The van der Waals surface area contributed by atoms with E-state index in [0.29, 0.717) is 24.9 Å². The molecule has 30 heavy (non-hydrogen) atoms. The fraction of sp³-hybridized carbons (Fsp3) is 0.435. The van der Waals surface area contributed by atoms with Gasteiger partial charge in [0, 0.05) is 42.7 Å². The highest BCUT2D eigenvalue weighted by molar-refractivity contribution is 5.96. The number of aliphatic hydroxyl groups excluding tert-OH is 2. The van der Waals surface area contributed by atoms with E-state index in [1.54, 1.807) is 18.3 Å². The maximum atomic E-state index is 12.6. The van der Waals surface area contributed by atoms with E-state index in [1.165, 1.54) is 11.8 Å². The smallest absolute Gasteiger partial charge is 0.251 e. The number of carbonyl (C=O) groups excluding carboxylic acids is 2. The zero-order valence-corrected chi connectivity index (χ0v) is 17.2. The molecule has 0 fully saturated rings. The van der Waals surface area contributed by atoms with Gasteiger partial charge in [0.1, 0.15) is 6.10 Å². The number of pyridine rings is 1. The Morgan fingerprint density at radius 1 is 1.17 bits per heavy atom. The van der Waals surface area contributed by atoms with Gasteiger partial charge in [0.25, 0.3) is 5.91 Å². The van der Waals surface area contributed by atoms with Gasteiger partial charge < -0.3 is 20.4 Å². The molecule has 1 aliphatic rings. The predicted octanol–water partition coefficient (Wildman–Crippen LogP) is 2.13. The first kappa shape index (κ1) is 21.9. The quantitative estimate of drug-likeness (QED) is 0.549. The Bertz CT molecular complexity index is 859. The van der Waals surface area contributed by atoms with Gasteiger partial charge in [-0.3, -0.25) is 14.6 Å². The van der Waals surface area contributed by atoms with Crippen LogP contribution >= 0.6 is 0 Å². The second kappa shape index (κ2) is 10.3. The molecular formula is C23H29N3O4. The second-order valence-corrected chi connectivity index (χ2v) is 7.72. The number of rotatable bonds is 9. The molecule has 0 spiro atoms. The van der Waals surface area contributed by atoms with Gasteiger partial charge in [0.05, 0.1) is 0 Å². The molecule has 0 saturated carbocycles. The monoisotopic (exact) mass is 411 g/mol. The number of unbranched alkanes of at least 4 members (excludes halogenated alkanes) is 2. The zero-order chi connectivity index (χ0) is 21.5. The molecule has 3 unspecified atom stereocenters. The summed E-state index contributed by atoms with van der Waals surface area (Å²) in [6.45, 7) is 2.45. The molecular weight excluding hydrogens is 382 g/mol. The molecule has 7 heteroatoms. The number of hydrogen-bond acceptors (Lipinski definition) is 5. The van der Waals surface area contributed by atoms with E-state index in [2.05, 4.69) is 23.3 Å². The van der Waals surface area contributed by atoms with Crippen LogP contribution in [0, 0.1) is 0 Å². The molecule has 2 amide bonds. The average Bonchev–Trinajstić information content (AvgIpc) is 3.11. The number of benzene rings is 1. The van der Waals surface area contributed by atoms with Crippen LogP contribution in [0.2, 0.25) is 0 Å². The van der Waals surface area contributed by atoms with Crippen molar-refractivity contribution >= 4 is 17.5 Å². The molecule has 7 nitrogen and oxygen atoms in total. The third-order valence-corrected chi connectivity index (χ3v) is 5.44. The van der Waals surface area contributed by atoms with Gasteiger partial charge in [-0.15, -0.1) is 0 Å². The maximum absolute atomic E-state index is 12.6. The maximum Gasteiger partial charge on any atom is 0.251 e. The molecule has 3 N–H and O–H groups in total. The van der Waals surface area contributed by atoms with Gasteiger partial charge in [0.2, 0.25) is 5.91 Å². The van der Waals surface area contributed by atoms with Crippen LogP contribution in [0.1, 0.15) is 49.8 Å². The topological polar surface area (TPSA) is 103 Å². The molecule has 1 aliphatic heterocycles. The number of amides is 2. The van der Waals surface area contributed by atoms with Crippen molar-refractivity contribution in [2.24, 2.45) is 0 Å². The van der Waals surface area contributed by atoms with Crippen molar-refractivity contribution in [2.75, 3.05) is 11.4 Å². The molecule has 0 bridgehead atoms. The molecule has 1 aromatic heterocycles. The van der Waals surface area contributed by atoms with Crippen LogP contribution in [-0.2, 0) is 16.0 Å². The SMILES string of the molecule is CC1Cc2ccccc2N1C(=O)CCCCCNC(=O)C(O)C(O)c1cccnc1. The fourth-order valence-corrected chi connectivity index (χ4v) is 3.84. The number of para-hydroxylation sites is 1. The van der Waals surface area contributed by atoms with Crippen LogP contribution in [0.5, 0.6) is 0 Å². The summed E-state index contributed by atoms with van der Waals surface area (Å²) in [5.74, 6) is -0.489. The van der Waals surface area contributed by atoms with Crippen molar-refractivity contribution in [3.05, 3.63) is 59.9 Å². The molecule has 2 aromatic rings. The largest absolute Gasteiger partial charge is 0.385 e. The van der Waals surface area contributed by atoms with E-state index >= 15 is 0 Å². The minimum atomic E-state index is -1.55. The fourth-order valence-electron chi connectivity index (χ4n) is 3.84. The van der Waals surface area contributed by atoms with E-state index in [1.807, 2.05) is 23.1 Å². The summed E-state index contributed by atoms with van der Waals surface area (Å²) in [6, 6.07) is 11.4. The van der Waals surface area contributed by atoms with Crippen LogP contribution < -0.4 is 10.2 Å². The number of aliphatic hydroxyl groups is 2. The van der Waals surface area contributed by atoms with Gasteiger partial charge in [0.15, 0.2) is 6.10 Å². The van der Waals surface area contributed by atoms with Crippen molar-refractivity contribution < 1.29 is 19.8 Å². The number of carbonyl (C=O) groups is 2. The summed E-state index contributed by atoms with van der Waals surface area (Å²) in [7, 11) is 0. The molecule has 2 heterocycles. The predicted molar refractivity (Wildman–Crippen MR) is 114 cm³/mol. The average molecular weight is 412 g/mol. The summed E-state index contributed by atoms with van der Waals surface area (Å²) in [6.07, 6.45) is 3.68. The van der Waals surface area contributed by atoms with Crippen molar-refractivity contribution in [1.29, 1.82) is 0 Å². The minimum Gasteiger partial charge on any atom is -0.385 e. The second-order valence-electron chi connectivity index (χ2n) is 7.72. The van der Waals surface area contributed by atoms with Gasteiger partial charge in [-0.25, -0.2) is 0 Å². The van der Waals surface area contributed by atoms with E-state index in [-0.39, 0.29) is 11.9 Å². The lowest BCUT2D eigenvalue weighted by molar-refractivity contribution is -0.135. The molecule has 3 rings (SSSR count). The van der Waals surface area contributed by atoms with Crippen LogP contribution in [0.3, 0.4) is 0 Å². The zero-order valence-electron chi connectivity index (χ0n) is 17.2. The van der Waals surface area contributed by atoms with Gasteiger partial charge >= 0.3 is 0 Å². The third-order valence-electron chi connectivity index (χ3n) is 5.44. The van der Waals surface area contributed by atoms with Crippen LogP contribution in [0.25, 0.3) is 0 Å². The summed E-state index contributed by atoms with van der Waals surface area (Å²) in [5.41, 5.74) is 2.62. The Labute approximate surface area is 176 Å².